The van der Waals surface area contributed by atoms with E-state index in [1.807, 2.05) is 35.0 Å². The topological polar surface area (TPSA) is 26.5 Å². The Kier molecular flexibility index (Phi) is 3.61. The first-order valence-electron chi connectivity index (χ1n) is 7.21. The summed E-state index contributed by atoms with van der Waals surface area (Å²) in [5, 5.41) is 0.687. The lowest BCUT2D eigenvalue weighted by atomic mass is 9.86. The molecule has 3 nitrogen and oxygen atoms in total. The number of rotatable bonds is 2. The van der Waals surface area contributed by atoms with Crippen molar-refractivity contribution in [3.63, 3.8) is 0 Å². The number of nitrogens with zero attached hydrogens (tertiary/aromatic N) is 2. The van der Waals surface area contributed by atoms with Crippen LogP contribution in [0.3, 0.4) is 0 Å². The molecule has 0 radical (unpaired) electrons. The summed E-state index contributed by atoms with van der Waals surface area (Å²) >= 11 is 6.04. The highest BCUT2D eigenvalue weighted by Gasteiger charge is 2.18. The number of benzene rings is 1. The monoisotopic (exact) mass is 314 g/mol. The standard InChI is InChI=1S/C18H19ClN2O/c1-18(2,3)12-5-7-16(22-4)14(9-12)15-11-21-10-13(19)6-8-17(21)20-15/h5-11H,1-4H3. The van der Waals surface area contributed by atoms with Gasteiger partial charge in [-0.2, -0.15) is 0 Å². The Bertz CT molecular complexity index is 831. The van der Waals surface area contributed by atoms with Crippen LogP contribution in [0.5, 0.6) is 5.75 Å². The molecular formula is C18H19ClN2O. The molecule has 0 aliphatic heterocycles. The van der Waals surface area contributed by atoms with Crippen molar-refractivity contribution in [2.24, 2.45) is 0 Å². The largest absolute Gasteiger partial charge is 0.496 e. The number of hydrogen-bond donors (Lipinski definition) is 0. The molecule has 1 aromatic carbocycles. The summed E-state index contributed by atoms with van der Waals surface area (Å²) in [5.74, 6) is 0.822. The SMILES string of the molecule is COc1ccc(C(C)(C)C)cc1-c1cn2cc(Cl)ccc2n1. The third kappa shape index (κ3) is 2.69. The zero-order valence-corrected chi connectivity index (χ0v) is 14.0. The number of ether oxygens (including phenoxy) is 1. The molecule has 0 aliphatic rings. The van der Waals surface area contributed by atoms with Crippen LogP contribution in [0.4, 0.5) is 0 Å². The molecule has 0 aliphatic carbocycles. The minimum absolute atomic E-state index is 0.0729. The van der Waals surface area contributed by atoms with E-state index < -0.39 is 0 Å². The number of fused-ring (bicyclic) bond motifs is 1. The minimum atomic E-state index is 0.0729. The maximum atomic E-state index is 6.04. The Morgan fingerprint density at radius 1 is 1.09 bits per heavy atom. The molecule has 0 spiro atoms. The highest BCUT2D eigenvalue weighted by molar-refractivity contribution is 6.30. The average Bonchev–Trinajstić information content (AvgIpc) is 2.88. The van der Waals surface area contributed by atoms with Gasteiger partial charge in [-0.15, -0.1) is 0 Å². The van der Waals surface area contributed by atoms with Gasteiger partial charge < -0.3 is 9.14 Å². The van der Waals surface area contributed by atoms with Crippen LogP contribution in [0.15, 0.2) is 42.7 Å². The van der Waals surface area contributed by atoms with Crippen LogP contribution < -0.4 is 4.74 Å². The Balaban J connectivity index is 2.19. The van der Waals surface area contributed by atoms with Gasteiger partial charge in [0.25, 0.3) is 0 Å². The van der Waals surface area contributed by atoms with Gasteiger partial charge in [-0.1, -0.05) is 38.4 Å². The first kappa shape index (κ1) is 14.9. The zero-order valence-electron chi connectivity index (χ0n) is 13.2. The lowest BCUT2D eigenvalue weighted by Crippen LogP contribution is -2.11. The minimum Gasteiger partial charge on any atom is -0.496 e. The van der Waals surface area contributed by atoms with Crippen molar-refractivity contribution in [2.45, 2.75) is 26.2 Å². The van der Waals surface area contributed by atoms with Crippen molar-refractivity contribution in [2.75, 3.05) is 7.11 Å². The summed E-state index contributed by atoms with van der Waals surface area (Å²) in [7, 11) is 1.68. The molecule has 4 heteroatoms. The molecule has 2 aromatic heterocycles. The second-order valence-electron chi connectivity index (χ2n) is 6.40. The molecule has 0 N–H and O–H groups in total. The van der Waals surface area contributed by atoms with Gasteiger partial charge in [0.05, 0.1) is 17.8 Å². The third-order valence-electron chi connectivity index (χ3n) is 3.76. The highest BCUT2D eigenvalue weighted by Crippen LogP contribution is 2.34. The smallest absolute Gasteiger partial charge is 0.137 e. The first-order valence-corrected chi connectivity index (χ1v) is 7.59. The second-order valence-corrected chi connectivity index (χ2v) is 6.84. The van der Waals surface area contributed by atoms with E-state index in [-0.39, 0.29) is 5.41 Å². The summed E-state index contributed by atoms with van der Waals surface area (Å²) in [6.07, 6.45) is 3.83. The molecule has 3 aromatic rings. The van der Waals surface area contributed by atoms with Gasteiger partial charge in [0.1, 0.15) is 11.4 Å². The molecule has 0 fully saturated rings. The Labute approximate surface area is 135 Å². The quantitative estimate of drug-likeness (QED) is 0.668. The van der Waals surface area contributed by atoms with Crippen LogP contribution in [0.25, 0.3) is 16.9 Å². The highest BCUT2D eigenvalue weighted by atomic mass is 35.5. The lowest BCUT2D eigenvalue weighted by molar-refractivity contribution is 0.415. The summed E-state index contributed by atoms with van der Waals surface area (Å²) in [6.45, 7) is 6.59. The van der Waals surface area contributed by atoms with Gasteiger partial charge >= 0.3 is 0 Å². The summed E-state index contributed by atoms with van der Waals surface area (Å²) in [4.78, 5) is 4.68. The fourth-order valence-electron chi connectivity index (χ4n) is 2.47. The van der Waals surface area contributed by atoms with Gasteiger partial charge in [0.15, 0.2) is 0 Å². The normalized spacial score (nSPS) is 11.9. The number of pyridine rings is 1. The van der Waals surface area contributed by atoms with Gasteiger partial charge in [-0.05, 0) is 35.2 Å². The Morgan fingerprint density at radius 2 is 1.86 bits per heavy atom. The molecule has 3 rings (SSSR count). The molecule has 0 bridgehead atoms. The van der Waals surface area contributed by atoms with Crippen LogP contribution in [0.1, 0.15) is 26.3 Å². The van der Waals surface area contributed by atoms with Gasteiger partial charge in [0.2, 0.25) is 0 Å². The molecule has 0 amide bonds. The van der Waals surface area contributed by atoms with Crippen LogP contribution in [0.2, 0.25) is 5.02 Å². The lowest BCUT2D eigenvalue weighted by Gasteiger charge is -2.20. The predicted molar refractivity (Wildman–Crippen MR) is 90.9 cm³/mol. The van der Waals surface area contributed by atoms with Crippen LogP contribution in [-0.2, 0) is 5.41 Å². The van der Waals surface area contributed by atoms with E-state index in [1.165, 1.54) is 5.56 Å². The Morgan fingerprint density at radius 3 is 2.55 bits per heavy atom. The number of hydrogen-bond acceptors (Lipinski definition) is 2. The molecular weight excluding hydrogens is 296 g/mol. The van der Waals surface area contributed by atoms with Crippen LogP contribution in [0, 0.1) is 0 Å². The number of aromatic nitrogens is 2. The van der Waals surface area contributed by atoms with Crippen molar-refractivity contribution in [3.05, 3.63) is 53.3 Å². The van der Waals surface area contributed by atoms with E-state index in [4.69, 9.17) is 16.3 Å². The third-order valence-corrected chi connectivity index (χ3v) is 3.98. The average molecular weight is 315 g/mol. The fraction of sp³-hybridized carbons (Fsp3) is 0.278. The van der Waals surface area contributed by atoms with Crippen molar-refractivity contribution in [3.8, 4) is 17.0 Å². The maximum Gasteiger partial charge on any atom is 0.137 e. The molecule has 22 heavy (non-hydrogen) atoms. The molecule has 0 unspecified atom stereocenters. The molecule has 2 heterocycles. The molecule has 0 saturated carbocycles. The van der Waals surface area contributed by atoms with Crippen LogP contribution >= 0.6 is 11.6 Å². The van der Waals surface area contributed by atoms with E-state index in [2.05, 4.69) is 37.9 Å². The van der Waals surface area contributed by atoms with E-state index in [1.54, 1.807) is 7.11 Å². The van der Waals surface area contributed by atoms with Crippen molar-refractivity contribution in [1.29, 1.82) is 0 Å². The van der Waals surface area contributed by atoms with Gasteiger partial charge in [0, 0.05) is 18.0 Å². The second kappa shape index (κ2) is 5.33. The Hall–Kier alpha value is -2.00. The van der Waals surface area contributed by atoms with Gasteiger partial charge in [-0.25, -0.2) is 4.98 Å². The number of halogens is 1. The number of methoxy groups -OCH3 is 1. The summed E-state index contributed by atoms with van der Waals surface area (Å²) in [6, 6.07) is 10.0. The molecule has 114 valence electrons. The first-order chi connectivity index (χ1) is 10.4. The van der Waals surface area contributed by atoms with E-state index in [9.17, 15) is 0 Å². The number of imidazole rings is 1. The van der Waals surface area contributed by atoms with Crippen LogP contribution in [-0.4, -0.2) is 16.5 Å². The predicted octanol–water partition coefficient (Wildman–Crippen LogP) is 4.96. The summed E-state index contributed by atoms with van der Waals surface area (Å²) < 4.78 is 7.44. The van der Waals surface area contributed by atoms with Crippen molar-refractivity contribution in [1.82, 2.24) is 9.38 Å². The fourth-order valence-corrected chi connectivity index (χ4v) is 2.64. The maximum absolute atomic E-state index is 6.04. The molecule has 0 saturated heterocycles. The van der Waals surface area contributed by atoms with Gasteiger partial charge in [-0.3, -0.25) is 0 Å². The van der Waals surface area contributed by atoms with E-state index in [0.29, 0.717) is 5.02 Å². The van der Waals surface area contributed by atoms with Crippen molar-refractivity contribution >= 4 is 17.2 Å². The van der Waals surface area contributed by atoms with E-state index >= 15 is 0 Å². The zero-order chi connectivity index (χ0) is 15.9. The molecule has 0 atom stereocenters. The van der Waals surface area contributed by atoms with Crippen molar-refractivity contribution < 1.29 is 4.74 Å². The summed E-state index contributed by atoms with van der Waals surface area (Å²) in [5.41, 5.74) is 4.06. The van der Waals surface area contributed by atoms with E-state index in [0.717, 1.165) is 22.7 Å².